The van der Waals surface area contributed by atoms with E-state index in [0.717, 1.165) is 10.2 Å². The van der Waals surface area contributed by atoms with E-state index in [1.165, 1.54) is 47.4 Å². The van der Waals surface area contributed by atoms with Crippen molar-refractivity contribution in [3.63, 3.8) is 0 Å². The topological polar surface area (TPSA) is 68.9 Å². The van der Waals surface area contributed by atoms with Crippen molar-refractivity contribution in [3.8, 4) is 0 Å². The maximum atomic E-state index is 12.9. The summed E-state index contributed by atoms with van der Waals surface area (Å²) in [5.74, 6) is -0.0512. The molecule has 0 amide bonds. The molecule has 1 unspecified atom stereocenters. The molecule has 0 aliphatic rings. The molecule has 112 valence electrons. The van der Waals surface area contributed by atoms with Gasteiger partial charge < -0.3 is 5.73 Å². The maximum Gasteiger partial charge on any atom is 0.191 e. The number of aromatic nitrogens is 2. The Balaban J connectivity index is 1.81. The van der Waals surface area contributed by atoms with Gasteiger partial charge in [-0.25, -0.2) is 14.4 Å². The predicted molar refractivity (Wildman–Crippen MR) is 87.9 cm³/mol. The van der Waals surface area contributed by atoms with Gasteiger partial charge >= 0.3 is 0 Å². The summed E-state index contributed by atoms with van der Waals surface area (Å²) in [6.45, 7) is 1.77. The van der Waals surface area contributed by atoms with Crippen LogP contribution in [-0.4, -0.2) is 21.0 Å². The molecule has 22 heavy (non-hydrogen) atoms. The van der Waals surface area contributed by atoms with Crippen LogP contribution in [0.4, 0.5) is 10.2 Å². The van der Waals surface area contributed by atoms with Gasteiger partial charge in [-0.05, 0) is 42.6 Å². The maximum absolute atomic E-state index is 12.9. The van der Waals surface area contributed by atoms with Crippen molar-refractivity contribution < 1.29 is 9.18 Å². The van der Waals surface area contributed by atoms with Crippen molar-refractivity contribution in [1.82, 2.24) is 9.97 Å². The number of fused-ring (bicyclic) bond motifs is 1. The molecule has 0 radical (unpaired) electrons. The van der Waals surface area contributed by atoms with Crippen LogP contribution in [0, 0.1) is 5.82 Å². The van der Waals surface area contributed by atoms with Crippen LogP contribution in [0.1, 0.15) is 17.3 Å². The van der Waals surface area contributed by atoms with Crippen LogP contribution < -0.4 is 5.73 Å². The lowest BCUT2D eigenvalue weighted by molar-refractivity contribution is 0.0994. The number of rotatable bonds is 4. The number of hydrogen-bond acceptors (Lipinski definition) is 6. The van der Waals surface area contributed by atoms with Gasteiger partial charge in [-0.3, -0.25) is 4.79 Å². The van der Waals surface area contributed by atoms with Crippen molar-refractivity contribution in [2.45, 2.75) is 17.3 Å². The Hall–Kier alpha value is -1.99. The number of carbonyl (C=O) groups is 1. The van der Waals surface area contributed by atoms with Gasteiger partial charge in [0.2, 0.25) is 0 Å². The fraction of sp³-hybridized carbons (Fsp3) is 0.133. The molecule has 0 spiro atoms. The second-order valence-corrected chi connectivity index (χ2v) is 6.86. The first kappa shape index (κ1) is 14.9. The van der Waals surface area contributed by atoms with Gasteiger partial charge in [0.25, 0.3) is 0 Å². The van der Waals surface area contributed by atoms with Crippen LogP contribution in [0.5, 0.6) is 0 Å². The first-order valence-corrected chi connectivity index (χ1v) is 8.27. The van der Waals surface area contributed by atoms with E-state index in [4.69, 9.17) is 5.73 Å². The lowest BCUT2D eigenvalue weighted by Gasteiger charge is -2.09. The summed E-state index contributed by atoms with van der Waals surface area (Å²) in [6, 6.07) is 7.38. The minimum atomic E-state index is -0.387. The highest BCUT2D eigenvalue weighted by molar-refractivity contribution is 8.00. The standard InChI is InChI=1S/C15H12FN3OS2/c1-8(12(20)9-2-4-10(16)5-3-9)22-15-18-13(17)11-6-7-21-14(11)19-15/h2-8H,1H3,(H2,17,18,19). The molecule has 3 aromatic rings. The Morgan fingerprint density at radius 1 is 1.27 bits per heavy atom. The van der Waals surface area contributed by atoms with Gasteiger partial charge in [0.15, 0.2) is 10.9 Å². The fourth-order valence-electron chi connectivity index (χ4n) is 1.97. The highest BCUT2D eigenvalue weighted by atomic mass is 32.2. The molecule has 3 rings (SSSR count). The molecule has 0 saturated heterocycles. The van der Waals surface area contributed by atoms with Gasteiger partial charge in [-0.2, -0.15) is 0 Å². The summed E-state index contributed by atoms with van der Waals surface area (Å²) < 4.78 is 12.9. The molecule has 4 nitrogen and oxygen atoms in total. The summed E-state index contributed by atoms with van der Waals surface area (Å²) in [7, 11) is 0. The van der Waals surface area contributed by atoms with Crippen molar-refractivity contribution in [1.29, 1.82) is 0 Å². The van der Waals surface area contributed by atoms with E-state index in [0.29, 0.717) is 16.5 Å². The summed E-state index contributed by atoms with van der Waals surface area (Å²) in [6.07, 6.45) is 0. The number of nitrogen functional groups attached to an aromatic ring is 1. The number of hydrogen-bond donors (Lipinski definition) is 1. The zero-order valence-corrected chi connectivity index (χ0v) is 13.2. The molecule has 0 saturated carbocycles. The number of thioether (sulfide) groups is 1. The molecule has 0 fully saturated rings. The number of anilines is 1. The number of halogens is 1. The molecule has 0 aliphatic heterocycles. The number of benzene rings is 1. The van der Waals surface area contributed by atoms with Crippen LogP contribution >= 0.6 is 23.1 Å². The van der Waals surface area contributed by atoms with Crippen LogP contribution in [0.25, 0.3) is 10.2 Å². The lowest BCUT2D eigenvalue weighted by atomic mass is 10.1. The number of nitrogens with zero attached hydrogens (tertiary/aromatic N) is 2. The van der Waals surface area contributed by atoms with E-state index in [9.17, 15) is 9.18 Å². The smallest absolute Gasteiger partial charge is 0.191 e. The van der Waals surface area contributed by atoms with Crippen molar-refractivity contribution in [3.05, 3.63) is 47.1 Å². The van der Waals surface area contributed by atoms with Crippen LogP contribution in [0.2, 0.25) is 0 Å². The monoisotopic (exact) mass is 333 g/mol. The Morgan fingerprint density at radius 3 is 2.73 bits per heavy atom. The number of carbonyl (C=O) groups excluding carboxylic acids is 1. The molecular weight excluding hydrogens is 321 g/mol. The summed E-state index contributed by atoms with van der Waals surface area (Å²) in [5.41, 5.74) is 6.36. The van der Waals surface area contributed by atoms with Gasteiger partial charge in [0, 0.05) is 5.56 Å². The van der Waals surface area contributed by atoms with Crippen molar-refractivity contribution in [2.24, 2.45) is 0 Å². The average molecular weight is 333 g/mol. The molecule has 1 aromatic carbocycles. The third-order valence-electron chi connectivity index (χ3n) is 3.11. The SMILES string of the molecule is CC(Sc1nc(N)c2ccsc2n1)C(=O)c1ccc(F)cc1. The second kappa shape index (κ2) is 6.02. The zero-order valence-electron chi connectivity index (χ0n) is 11.6. The van der Waals surface area contributed by atoms with E-state index >= 15 is 0 Å². The second-order valence-electron chi connectivity index (χ2n) is 4.66. The van der Waals surface area contributed by atoms with E-state index in [1.54, 1.807) is 6.92 Å². The van der Waals surface area contributed by atoms with E-state index in [-0.39, 0.29) is 16.9 Å². The quantitative estimate of drug-likeness (QED) is 0.447. The van der Waals surface area contributed by atoms with Gasteiger partial charge in [0.05, 0.1) is 10.6 Å². The van der Waals surface area contributed by atoms with E-state index < -0.39 is 0 Å². The molecule has 1 atom stereocenters. The highest BCUT2D eigenvalue weighted by Gasteiger charge is 2.19. The summed E-state index contributed by atoms with van der Waals surface area (Å²) in [4.78, 5) is 21.8. The normalized spacial score (nSPS) is 12.5. The first-order chi connectivity index (χ1) is 10.5. The number of nitrogens with two attached hydrogens (primary N) is 1. The van der Waals surface area contributed by atoms with Gasteiger partial charge in [-0.15, -0.1) is 11.3 Å². The van der Waals surface area contributed by atoms with Crippen molar-refractivity contribution >= 4 is 44.9 Å². The van der Waals surface area contributed by atoms with E-state index in [1.807, 2.05) is 11.4 Å². The van der Waals surface area contributed by atoms with Gasteiger partial charge in [-0.1, -0.05) is 11.8 Å². The number of thiophene rings is 1. The van der Waals surface area contributed by atoms with Crippen molar-refractivity contribution in [2.75, 3.05) is 5.73 Å². The minimum absolute atomic E-state index is 0.0987. The number of Topliss-reactive ketones (excluding diaryl/α,β-unsaturated/α-hetero) is 1. The fourth-order valence-corrected chi connectivity index (χ4v) is 3.66. The lowest BCUT2D eigenvalue weighted by Crippen LogP contribution is -2.14. The van der Waals surface area contributed by atoms with Crippen LogP contribution in [-0.2, 0) is 0 Å². The summed E-state index contributed by atoms with van der Waals surface area (Å²) in [5, 5.41) is 2.81. The Morgan fingerprint density at radius 2 is 2.00 bits per heavy atom. The van der Waals surface area contributed by atoms with Crippen LogP contribution in [0.15, 0.2) is 40.9 Å². The molecule has 2 heterocycles. The Bertz CT molecular complexity index is 832. The van der Waals surface area contributed by atoms with E-state index in [2.05, 4.69) is 9.97 Å². The molecule has 0 aliphatic carbocycles. The number of ketones is 1. The third kappa shape index (κ3) is 2.95. The predicted octanol–water partition coefficient (Wildman–Crippen LogP) is 3.78. The third-order valence-corrected chi connectivity index (χ3v) is 4.88. The zero-order chi connectivity index (χ0) is 15.7. The molecular formula is C15H12FN3OS2. The summed E-state index contributed by atoms with van der Waals surface area (Å²) >= 11 is 2.72. The Kier molecular flexibility index (Phi) is 4.08. The molecule has 2 N–H and O–H groups in total. The Labute approximate surface area is 134 Å². The minimum Gasteiger partial charge on any atom is -0.383 e. The highest BCUT2D eigenvalue weighted by Crippen LogP contribution is 2.29. The first-order valence-electron chi connectivity index (χ1n) is 6.52. The van der Waals surface area contributed by atoms with Gasteiger partial charge in [0.1, 0.15) is 16.5 Å². The molecule has 0 bridgehead atoms. The average Bonchev–Trinajstić information content (AvgIpc) is 2.96. The van der Waals surface area contributed by atoms with Crippen LogP contribution in [0.3, 0.4) is 0 Å². The largest absolute Gasteiger partial charge is 0.383 e. The molecule has 7 heteroatoms. The molecule has 2 aromatic heterocycles.